The normalized spacial score (nSPS) is 17.7. The number of halogens is 2. The van der Waals surface area contributed by atoms with E-state index in [1.165, 1.54) is 196 Å². The van der Waals surface area contributed by atoms with Gasteiger partial charge in [-0.25, -0.2) is 0 Å². The molecular formula is C60H76Cl2SiZr. The molecule has 4 saturated carbocycles. The van der Waals surface area contributed by atoms with Crippen molar-refractivity contribution >= 4 is 48.1 Å². The molecule has 0 spiro atoms. The van der Waals surface area contributed by atoms with Gasteiger partial charge in [0.2, 0.25) is 0 Å². The molecule has 4 heteroatoms. The van der Waals surface area contributed by atoms with Crippen LogP contribution in [-0.4, -0.2) is 9.52 Å². The number of hydrogen-bond donors (Lipinski definition) is 0. The van der Waals surface area contributed by atoms with Gasteiger partial charge in [-0.2, -0.15) is 12.1 Å². The average Bonchev–Trinajstić information content (AvgIpc) is 3.97. The number of fused-ring (bicyclic) bond motifs is 2. The van der Waals surface area contributed by atoms with Gasteiger partial charge < -0.3 is 0 Å². The third-order valence-corrected chi connectivity index (χ3v) is 15.4. The van der Waals surface area contributed by atoms with Gasteiger partial charge >= 0.3 is 37.9 Å². The zero-order chi connectivity index (χ0) is 44.7. The standard InChI is InChI=1S/2C29H35.C2H6Si.2ClH.Zr/c2*1-21-12-17-27(26-15-13-25(14-16-26)24-10-6-3-7-11-24)29-20-23(19-28(21)29)18-22-8-4-2-5-9-22;1-3-2;;;/h2*12-17,19-20,22,24H,2-11,18H2,1H3;1-2H3;2*1H;/q2*-1;;;;+4/p-2. The van der Waals surface area contributed by atoms with Gasteiger partial charge in [-0.15, -0.1) is 68.1 Å². The molecule has 64 heavy (non-hydrogen) atoms. The van der Waals surface area contributed by atoms with Crippen molar-refractivity contribution in [3.63, 3.8) is 0 Å². The van der Waals surface area contributed by atoms with Gasteiger partial charge in [-0.05, 0) is 84.5 Å². The van der Waals surface area contributed by atoms with E-state index in [4.69, 9.17) is 17.0 Å². The van der Waals surface area contributed by atoms with Crippen LogP contribution in [0.5, 0.6) is 0 Å². The zero-order valence-electron chi connectivity index (χ0n) is 39.9. The molecule has 0 aliphatic heterocycles. The molecule has 6 aromatic rings. The first kappa shape index (κ1) is 49.7. The van der Waals surface area contributed by atoms with Crippen molar-refractivity contribution in [2.75, 3.05) is 0 Å². The minimum atomic E-state index is -0.826. The van der Waals surface area contributed by atoms with Gasteiger partial charge in [-0.1, -0.05) is 201 Å². The summed E-state index contributed by atoms with van der Waals surface area (Å²) in [5.41, 5.74) is 14.6. The Morgan fingerprint density at radius 1 is 0.469 bits per heavy atom. The van der Waals surface area contributed by atoms with Crippen LogP contribution in [-0.2, 0) is 33.7 Å². The van der Waals surface area contributed by atoms with E-state index in [2.05, 4.69) is 124 Å². The van der Waals surface area contributed by atoms with E-state index < -0.39 is 20.8 Å². The zero-order valence-corrected chi connectivity index (χ0v) is 44.8. The molecule has 0 aromatic heterocycles. The quantitative estimate of drug-likeness (QED) is 0.105. The van der Waals surface area contributed by atoms with Crippen molar-refractivity contribution in [2.24, 2.45) is 11.8 Å². The summed E-state index contributed by atoms with van der Waals surface area (Å²) in [6.07, 6.45) is 30.9. The second-order valence-electron chi connectivity index (χ2n) is 20.1. The predicted octanol–water partition coefficient (Wildman–Crippen LogP) is 19.6. The van der Waals surface area contributed by atoms with Crippen LogP contribution in [0.1, 0.15) is 174 Å². The monoisotopic (exact) mass is 984 g/mol. The minimum absolute atomic E-state index is 0.789. The van der Waals surface area contributed by atoms with Gasteiger partial charge in [0.25, 0.3) is 0 Å². The first-order valence-electron chi connectivity index (χ1n) is 25.5. The third-order valence-electron chi connectivity index (χ3n) is 15.4. The van der Waals surface area contributed by atoms with E-state index >= 15 is 0 Å². The van der Waals surface area contributed by atoms with E-state index in [0.29, 0.717) is 0 Å². The predicted molar refractivity (Wildman–Crippen MR) is 281 cm³/mol. The van der Waals surface area contributed by atoms with Crippen LogP contribution in [0.2, 0.25) is 13.1 Å². The van der Waals surface area contributed by atoms with Crippen molar-refractivity contribution in [1.29, 1.82) is 0 Å². The van der Waals surface area contributed by atoms with E-state index in [1.807, 2.05) is 0 Å². The van der Waals surface area contributed by atoms with Gasteiger partial charge in [0.15, 0.2) is 0 Å². The fourth-order valence-corrected chi connectivity index (χ4v) is 11.9. The Balaban J connectivity index is 0.000000171. The molecule has 0 amide bonds. The molecule has 0 nitrogen and oxygen atoms in total. The van der Waals surface area contributed by atoms with Crippen molar-refractivity contribution < 1.29 is 20.8 Å². The average molecular weight is 987 g/mol. The van der Waals surface area contributed by atoms with Gasteiger partial charge in [0.05, 0.1) is 0 Å². The van der Waals surface area contributed by atoms with Crippen LogP contribution >= 0.6 is 17.0 Å². The fourth-order valence-electron chi connectivity index (χ4n) is 11.9. The maximum atomic E-state index is 4.93. The molecule has 0 unspecified atom stereocenters. The van der Waals surface area contributed by atoms with Crippen molar-refractivity contribution in [3.8, 4) is 22.3 Å². The first-order chi connectivity index (χ1) is 31.4. The fraction of sp³-hybridized carbons (Fsp3) is 0.500. The maximum absolute atomic E-state index is 4.93. The SMILES string of the molecule is C[Si]C.Cc1ccc(-c2ccc(C3CCCCC3)cc2)c2cc(CC3CCCCC3)[cH-]c12.Cc1ccc(-c2ccc(C3CCCCC3)cc2)c2cc(CC3CCCCC3)[cH-]c12.[Cl][Zr+2][Cl]. The second kappa shape index (κ2) is 25.8. The topological polar surface area (TPSA) is 0 Å². The summed E-state index contributed by atoms with van der Waals surface area (Å²) in [6, 6.07) is 38.4. The Morgan fingerprint density at radius 2 is 0.781 bits per heavy atom. The number of rotatable bonds is 8. The molecule has 0 N–H and O–H groups in total. The number of hydrogen-bond acceptors (Lipinski definition) is 0. The van der Waals surface area contributed by atoms with Crippen LogP contribution < -0.4 is 0 Å². The Morgan fingerprint density at radius 3 is 1.11 bits per heavy atom. The molecule has 4 aliphatic rings. The van der Waals surface area contributed by atoms with Crippen LogP contribution in [0, 0.1) is 25.7 Å². The van der Waals surface area contributed by atoms with E-state index in [9.17, 15) is 0 Å². The summed E-state index contributed by atoms with van der Waals surface area (Å²) in [4.78, 5) is 0. The summed E-state index contributed by atoms with van der Waals surface area (Å²) >= 11 is -0.826. The van der Waals surface area contributed by atoms with Crippen LogP contribution in [0.25, 0.3) is 43.8 Å². The molecular weight excluding hydrogens is 911 g/mol. The summed E-state index contributed by atoms with van der Waals surface area (Å²) in [5, 5.41) is 5.84. The third kappa shape index (κ3) is 13.5. The van der Waals surface area contributed by atoms with Gasteiger partial charge in [0.1, 0.15) is 0 Å². The van der Waals surface area contributed by atoms with Crippen molar-refractivity contribution in [1.82, 2.24) is 0 Å². The Hall–Kier alpha value is -2.22. The van der Waals surface area contributed by atoms with Crippen LogP contribution in [0.3, 0.4) is 0 Å². The molecule has 4 aliphatic carbocycles. The van der Waals surface area contributed by atoms with Crippen LogP contribution in [0.15, 0.2) is 97.1 Å². The molecule has 0 bridgehead atoms. The van der Waals surface area contributed by atoms with Crippen molar-refractivity contribution in [2.45, 2.75) is 180 Å². The number of aryl methyl sites for hydroxylation is 2. The van der Waals surface area contributed by atoms with E-state index in [0.717, 1.165) is 33.2 Å². The summed E-state index contributed by atoms with van der Waals surface area (Å²) < 4.78 is 0. The van der Waals surface area contributed by atoms with Crippen LogP contribution in [0.4, 0.5) is 0 Å². The van der Waals surface area contributed by atoms with Crippen molar-refractivity contribution in [3.05, 3.63) is 130 Å². The van der Waals surface area contributed by atoms with Gasteiger partial charge in [-0.3, -0.25) is 0 Å². The first-order valence-corrected chi connectivity index (χ1v) is 33.8. The number of benzene rings is 4. The molecule has 4 fully saturated rings. The second-order valence-corrected chi connectivity index (χ2v) is 24.9. The summed E-state index contributed by atoms with van der Waals surface area (Å²) in [5.74, 6) is 3.38. The Bertz CT molecular complexity index is 2110. The van der Waals surface area contributed by atoms with Gasteiger partial charge in [0, 0.05) is 9.52 Å². The molecule has 10 rings (SSSR count). The Labute approximate surface area is 410 Å². The van der Waals surface area contributed by atoms with E-state index in [-0.39, 0.29) is 0 Å². The molecule has 0 atom stereocenters. The molecule has 338 valence electrons. The molecule has 0 saturated heterocycles. The summed E-state index contributed by atoms with van der Waals surface area (Å²) in [7, 11) is 11.0. The Kier molecular flexibility index (Phi) is 20.0. The summed E-state index contributed by atoms with van der Waals surface area (Å²) in [6.45, 7) is 8.84. The molecule has 6 aromatic carbocycles. The van der Waals surface area contributed by atoms with E-state index in [1.54, 1.807) is 22.3 Å². The molecule has 0 heterocycles. The molecule has 2 radical (unpaired) electrons.